The summed E-state index contributed by atoms with van der Waals surface area (Å²) in [6.07, 6.45) is 3.83. The number of rotatable bonds is 1. The Bertz CT molecular complexity index is 461. The van der Waals surface area contributed by atoms with Crippen molar-refractivity contribution in [3.05, 3.63) is 28.5 Å². The van der Waals surface area contributed by atoms with Crippen LogP contribution in [0.15, 0.2) is 12.3 Å². The van der Waals surface area contributed by atoms with Gasteiger partial charge >= 0.3 is 0 Å². The maximum atomic E-state index is 12.5. The molecule has 0 N–H and O–H groups in total. The lowest BCUT2D eigenvalue weighted by Gasteiger charge is -2.37. The van der Waals surface area contributed by atoms with Crippen LogP contribution >= 0.6 is 11.6 Å². The summed E-state index contributed by atoms with van der Waals surface area (Å²) < 4.78 is 0. The molecule has 98 valence electrons. The Morgan fingerprint density at radius 3 is 2.83 bits per heavy atom. The number of halogens is 1. The van der Waals surface area contributed by atoms with Crippen LogP contribution in [0.3, 0.4) is 0 Å². The molecule has 2 atom stereocenters. The number of carbonyl (C=O) groups is 1. The monoisotopic (exact) mass is 266 g/mol. The minimum atomic E-state index is 0.00606. The van der Waals surface area contributed by atoms with Crippen LogP contribution in [0.1, 0.15) is 42.7 Å². The fourth-order valence-electron chi connectivity index (χ4n) is 2.41. The highest BCUT2D eigenvalue weighted by Gasteiger charge is 2.28. The van der Waals surface area contributed by atoms with E-state index in [1.165, 1.54) is 6.42 Å². The topological polar surface area (TPSA) is 33.2 Å². The van der Waals surface area contributed by atoms with Crippen molar-refractivity contribution in [2.45, 2.75) is 39.7 Å². The second-order valence-electron chi connectivity index (χ2n) is 5.29. The average Bonchev–Trinajstić information content (AvgIpc) is 2.31. The number of hydrogen-bond acceptors (Lipinski definition) is 2. The number of aromatic nitrogens is 1. The molecule has 2 rings (SSSR count). The van der Waals surface area contributed by atoms with Gasteiger partial charge in [-0.25, -0.2) is 0 Å². The zero-order valence-electron chi connectivity index (χ0n) is 11.1. The molecule has 0 aliphatic carbocycles. The number of carbonyl (C=O) groups excluding carboxylic acids is 1. The summed E-state index contributed by atoms with van der Waals surface area (Å²) in [5.74, 6) is 0.564. The van der Waals surface area contributed by atoms with E-state index in [1.54, 1.807) is 12.3 Å². The van der Waals surface area contributed by atoms with Gasteiger partial charge in [0.2, 0.25) is 0 Å². The lowest BCUT2D eigenvalue weighted by atomic mass is 9.94. The number of aryl methyl sites for hydroxylation is 1. The van der Waals surface area contributed by atoms with Crippen LogP contribution in [0.5, 0.6) is 0 Å². The molecule has 0 bridgehead atoms. The van der Waals surface area contributed by atoms with E-state index in [-0.39, 0.29) is 11.9 Å². The first kappa shape index (κ1) is 13.3. The second-order valence-corrected chi connectivity index (χ2v) is 5.70. The standard InChI is InChI=1S/C14H19ClN2O/c1-9-4-5-11(3)17(8-9)14(18)12-7-16-10(2)6-13(12)15/h6-7,9,11H,4-5,8H2,1-3H3. The molecule has 1 fully saturated rings. The van der Waals surface area contributed by atoms with Crippen LogP contribution in [-0.4, -0.2) is 28.4 Å². The Labute approximate surface area is 113 Å². The lowest BCUT2D eigenvalue weighted by molar-refractivity contribution is 0.0574. The summed E-state index contributed by atoms with van der Waals surface area (Å²) >= 11 is 6.14. The van der Waals surface area contributed by atoms with Gasteiger partial charge in [0.1, 0.15) is 0 Å². The molecule has 2 unspecified atom stereocenters. The van der Waals surface area contributed by atoms with Gasteiger partial charge in [-0.2, -0.15) is 0 Å². The Hall–Kier alpha value is -1.09. The van der Waals surface area contributed by atoms with E-state index in [1.807, 2.05) is 11.8 Å². The van der Waals surface area contributed by atoms with Crippen molar-refractivity contribution in [1.29, 1.82) is 0 Å². The fraction of sp³-hybridized carbons (Fsp3) is 0.571. The summed E-state index contributed by atoms with van der Waals surface area (Å²) in [7, 11) is 0. The van der Waals surface area contributed by atoms with Gasteiger partial charge in [0, 0.05) is 24.5 Å². The highest BCUT2D eigenvalue weighted by Crippen LogP contribution is 2.25. The smallest absolute Gasteiger partial charge is 0.257 e. The molecule has 1 amide bonds. The predicted octanol–water partition coefficient (Wildman–Crippen LogP) is 3.30. The maximum Gasteiger partial charge on any atom is 0.257 e. The minimum Gasteiger partial charge on any atom is -0.336 e. The molecule has 1 aliphatic heterocycles. The number of pyridine rings is 1. The molecule has 2 heterocycles. The van der Waals surface area contributed by atoms with Gasteiger partial charge in [0.05, 0.1) is 10.6 Å². The lowest BCUT2D eigenvalue weighted by Crippen LogP contribution is -2.45. The first-order valence-electron chi connectivity index (χ1n) is 6.42. The van der Waals surface area contributed by atoms with Crippen molar-refractivity contribution in [2.24, 2.45) is 5.92 Å². The summed E-state index contributed by atoms with van der Waals surface area (Å²) in [6.45, 7) is 6.95. The van der Waals surface area contributed by atoms with Gasteiger partial charge in [-0.3, -0.25) is 9.78 Å². The van der Waals surface area contributed by atoms with E-state index in [0.717, 1.165) is 18.7 Å². The summed E-state index contributed by atoms with van der Waals surface area (Å²) in [5, 5.41) is 0.498. The molecule has 1 saturated heterocycles. The molecular formula is C14H19ClN2O. The molecular weight excluding hydrogens is 248 g/mol. The van der Waals surface area contributed by atoms with Crippen molar-refractivity contribution < 1.29 is 4.79 Å². The number of nitrogens with zero attached hydrogens (tertiary/aromatic N) is 2. The Balaban J connectivity index is 2.24. The summed E-state index contributed by atoms with van der Waals surface area (Å²) in [4.78, 5) is 18.6. The Morgan fingerprint density at radius 1 is 1.44 bits per heavy atom. The molecule has 18 heavy (non-hydrogen) atoms. The third kappa shape index (κ3) is 2.66. The van der Waals surface area contributed by atoms with E-state index in [0.29, 0.717) is 16.5 Å². The second kappa shape index (κ2) is 5.27. The highest BCUT2D eigenvalue weighted by molar-refractivity contribution is 6.33. The van der Waals surface area contributed by atoms with Gasteiger partial charge in [-0.15, -0.1) is 0 Å². The van der Waals surface area contributed by atoms with Crippen LogP contribution in [0.25, 0.3) is 0 Å². The van der Waals surface area contributed by atoms with E-state index < -0.39 is 0 Å². The van der Waals surface area contributed by atoms with E-state index in [9.17, 15) is 4.79 Å². The van der Waals surface area contributed by atoms with Crippen LogP contribution < -0.4 is 0 Å². The zero-order chi connectivity index (χ0) is 13.3. The largest absolute Gasteiger partial charge is 0.336 e. The molecule has 1 aromatic heterocycles. The third-order valence-corrected chi connectivity index (χ3v) is 3.91. The number of piperidine rings is 1. The van der Waals surface area contributed by atoms with E-state index in [2.05, 4.69) is 18.8 Å². The molecule has 0 saturated carbocycles. The van der Waals surface area contributed by atoms with Crippen LogP contribution in [0.4, 0.5) is 0 Å². The van der Waals surface area contributed by atoms with Crippen LogP contribution in [-0.2, 0) is 0 Å². The predicted molar refractivity (Wildman–Crippen MR) is 72.9 cm³/mol. The molecule has 1 aliphatic rings. The van der Waals surface area contributed by atoms with Crippen molar-refractivity contribution >= 4 is 17.5 Å². The number of likely N-dealkylation sites (tertiary alicyclic amines) is 1. The van der Waals surface area contributed by atoms with Gasteiger partial charge in [-0.05, 0) is 38.7 Å². The normalized spacial score (nSPS) is 24.1. The quantitative estimate of drug-likeness (QED) is 0.781. The number of amides is 1. The highest BCUT2D eigenvalue weighted by atomic mass is 35.5. The van der Waals surface area contributed by atoms with Gasteiger partial charge < -0.3 is 4.90 Å². The summed E-state index contributed by atoms with van der Waals surface area (Å²) in [6, 6.07) is 2.03. The molecule has 4 heteroatoms. The van der Waals surface area contributed by atoms with Crippen molar-refractivity contribution in [2.75, 3.05) is 6.54 Å². The van der Waals surface area contributed by atoms with E-state index >= 15 is 0 Å². The fourth-order valence-corrected chi connectivity index (χ4v) is 2.70. The van der Waals surface area contributed by atoms with Crippen molar-refractivity contribution in [1.82, 2.24) is 9.88 Å². The minimum absolute atomic E-state index is 0.00606. The Morgan fingerprint density at radius 2 is 2.17 bits per heavy atom. The summed E-state index contributed by atoms with van der Waals surface area (Å²) in [5.41, 5.74) is 1.35. The first-order chi connectivity index (χ1) is 8.49. The molecule has 1 aromatic rings. The molecule has 0 radical (unpaired) electrons. The van der Waals surface area contributed by atoms with Crippen molar-refractivity contribution in [3.63, 3.8) is 0 Å². The van der Waals surface area contributed by atoms with Crippen LogP contribution in [0, 0.1) is 12.8 Å². The first-order valence-corrected chi connectivity index (χ1v) is 6.80. The van der Waals surface area contributed by atoms with Crippen molar-refractivity contribution in [3.8, 4) is 0 Å². The molecule has 0 spiro atoms. The van der Waals surface area contributed by atoms with Gasteiger partial charge in [0.25, 0.3) is 5.91 Å². The van der Waals surface area contributed by atoms with Crippen LogP contribution in [0.2, 0.25) is 5.02 Å². The zero-order valence-corrected chi connectivity index (χ0v) is 11.9. The Kier molecular flexibility index (Phi) is 3.91. The number of hydrogen-bond donors (Lipinski definition) is 0. The van der Waals surface area contributed by atoms with Gasteiger partial charge in [-0.1, -0.05) is 18.5 Å². The molecule has 0 aromatic carbocycles. The molecule has 3 nitrogen and oxygen atoms in total. The maximum absolute atomic E-state index is 12.5. The SMILES string of the molecule is Cc1cc(Cl)c(C(=O)N2CC(C)CCC2C)cn1. The van der Waals surface area contributed by atoms with Gasteiger partial charge in [0.15, 0.2) is 0 Å². The third-order valence-electron chi connectivity index (χ3n) is 3.60. The average molecular weight is 267 g/mol. The van der Waals surface area contributed by atoms with E-state index in [4.69, 9.17) is 11.6 Å².